The molecule has 0 aromatic heterocycles. The third kappa shape index (κ3) is 5.41. The van der Waals surface area contributed by atoms with Gasteiger partial charge in [0.2, 0.25) is 15.9 Å². The van der Waals surface area contributed by atoms with Crippen molar-refractivity contribution in [3.05, 3.63) is 71.3 Å². The molecule has 6 heteroatoms. The van der Waals surface area contributed by atoms with Crippen LogP contribution in [0.2, 0.25) is 0 Å². The Morgan fingerprint density at radius 1 is 1.00 bits per heavy atom. The number of carbonyl (C=O) groups excluding carboxylic acids is 1. The van der Waals surface area contributed by atoms with Gasteiger partial charge in [0.25, 0.3) is 0 Å². The quantitative estimate of drug-likeness (QED) is 0.772. The first-order valence-electron chi connectivity index (χ1n) is 8.75. The molecule has 2 aromatic rings. The van der Waals surface area contributed by atoms with Crippen LogP contribution in [-0.2, 0) is 20.6 Å². The number of likely N-dealkylation sites (N-methyl/N-ethyl adjacent to an activating group) is 1. The van der Waals surface area contributed by atoms with E-state index < -0.39 is 16.1 Å². The lowest BCUT2D eigenvalue weighted by molar-refractivity contribution is -0.132. The monoisotopic (exact) mass is 374 g/mol. The van der Waals surface area contributed by atoms with Crippen molar-refractivity contribution in [2.24, 2.45) is 0 Å². The minimum atomic E-state index is -3.69. The van der Waals surface area contributed by atoms with Gasteiger partial charge in [0.15, 0.2) is 0 Å². The van der Waals surface area contributed by atoms with Crippen molar-refractivity contribution in [1.82, 2.24) is 9.62 Å². The van der Waals surface area contributed by atoms with Crippen LogP contribution in [0.3, 0.4) is 0 Å². The molecule has 0 aliphatic heterocycles. The van der Waals surface area contributed by atoms with Crippen molar-refractivity contribution in [3.63, 3.8) is 0 Å². The van der Waals surface area contributed by atoms with E-state index in [2.05, 4.69) is 4.72 Å². The highest BCUT2D eigenvalue weighted by Crippen LogP contribution is 2.18. The van der Waals surface area contributed by atoms with E-state index in [1.165, 1.54) is 0 Å². The Balaban J connectivity index is 2.27. The fraction of sp³-hybridized carbons (Fsp3) is 0.350. The summed E-state index contributed by atoms with van der Waals surface area (Å²) in [4.78, 5) is 14.5. The van der Waals surface area contributed by atoms with Gasteiger partial charge in [-0.15, -0.1) is 0 Å². The molecule has 1 amide bonds. The molecule has 0 saturated carbocycles. The van der Waals surface area contributed by atoms with Gasteiger partial charge in [0.1, 0.15) is 6.04 Å². The number of hydrogen-bond acceptors (Lipinski definition) is 3. The molecular weight excluding hydrogens is 348 g/mol. The third-order valence-electron chi connectivity index (χ3n) is 4.23. The number of benzene rings is 2. The maximum Gasteiger partial charge on any atom is 0.245 e. The summed E-state index contributed by atoms with van der Waals surface area (Å²) in [5, 5.41) is 0. The molecule has 0 heterocycles. The Labute approximate surface area is 156 Å². The smallest absolute Gasteiger partial charge is 0.245 e. The molecule has 0 radical (unpaired) electrons. The fourth-order valence-electron chi connectivity index (χ4n) is 2.75. The van der Waals surface area contributed by atoms with Gasteiger partial charge in [-0.3, -0.25) is 4.79 Å². The normalized spacial score (nSPS) is 12.6. The van der Waals surface area contributed by atoms with Crippen molar-refractivity contribution < 1.29 is 13.2 Å². The van der Waals surface area contributed by atoms with Gasteiger partial charge in [-0.25, -0.2) is 8.42 Å². The van der Waals surface area contributed by atoms with Crippen LogP contribution in [0.5, 0.6) is 0 Å². The lowest BCUT2D eigenvalue weighted by Gasteiger charge is -2.26. The van der Waals surface area contributed by atoms with Crippen molar-refractivity contribution in [2.45, 2.75) is 32.6 Å². The van der Waals surface area contributed by atoms with Crippen molar-refractivity contribution in [2.75, 3.05) is 13.1 Å². The van der Waals surface area contributed by atoms with Crippen molar-refractivity contribution in [3.8, 4) is 0 Å². The standard InChI is InChI=1S/C20H26N2O3S/c1-4-22(5-2)20(23)19(18-9-7-6-8-10-18)21-26(24,25)15-17-13-11-16(3)12-14-17/h6-14,19,21H,4-5,15H2,1-3H3/t19-/m0/s1. The number of amides is 1. The zero-order valence-corrected chi connectivity index (χ0v) is 16.3. The maximum absolute atomic E-state index is 12.9. The first-order valence-corrected chi connectivity index (χ1v) is 10.4. The molecule has 0 bridgehead atoms. The SMILES string of the molecule is CCN(CC)C(=O)[C@@H](NS(=O)(=O)Cc1ccc(C)cc1)c1ccccc1. The highest BCUT2D eigenvalue weighted by Gasteiger charge is 2.28. The third-order valence-corrected chi connectivity index (χ3v) is 5.54. The summed E-state index contributed by atoms with van der Waals surface area (Å²) >= 11 is 0. The lowest BCUT2D eigenvalue weighted by Crippen LogP contribution is -2.43. The van der Waals surface area contributed by atoms with Gasteiger partial charge in [-0.1, -0.05) is 60.2 Å². The largest absolute Gasteiger partial charge is 0.342 e. The Morgan fingerprint density at radius 2 is 1.58 bits per heavy atom. The van der Waals surface area contributed by atoms with Crippen LogP contribution in [0.4, 0.5) is 0 Å². The molecule has 26 heavy (non-hydrogen) atoms. The molecule has 5 nitrogen and oxygen atoms in total. The Hall–Kier alpha value is -2.18. The average Bonchev–Trinajstić information content (AvgIpc) is 2.63. The molecule has 0 spiro atoms. The van der Waals surface area contributed by atoms with E-state index in [0.29, 0.717) is 24.2 Å². The summed E-state index contributed by atoms with van der Waals surface area (Å²) in [7, 11) is -3.69. The first-order chi connectivity index (χ1) is 12.4. The predicted octanol–water partition coefficient (Wildman–Crippen LogP) is 3.02. The minimum absolute atomic E-state index is 0.165. The summed E-state index contributed by atoms with van der Waals surface area (Å²) in [6.45, 7) is 6.76. The summed E-state index contributed by atoms with van der Waals surface area (Å²) in [6, 6.07) is 15.4. The number of rotatable bonds is 8. The number of nitrogens with one attached hydrogen (secondary N) is 1. The number of aryl methyl sites for hydroxylation is 1. The molecule has 1 atom stereocenters. The Bertz CT molecular complexity index is 814. The molecule has 1 N–H and O–H groups in total. The summed E-state index contributed by atoms with van der Waals surface area (Å²) in [5.41, 5.74) is 2.39. The van der Waals surface area contributed by atoms with E-state index in [0.717, 1.165) is 5.56 Å². The van der Waals surface area contributed by atoms with Crippen molar-refractivity contribution >= 4 is 15.9 Å². The Kier molecular flexibility index (Phi) is 6.94. The van der Waals surface area contributed by atoms with Crippen LogP contribution in [0.1, 0.15) is 36.6 Å². The van der Waals surface area contributed by atoms with Crippen LogP contribution in [-0.4, -0.2) is 32.3 Å². The predicted molar refractivity (Wildman–Crippen MR) is 104 cm³/mol. The second-order valence-corrected chi connectivity index (χ2v) is 7.97. The van der Waals surface area contributed by atoms with E-state index in [1.807, 2.05) is 39.0 Å². The number of hydrogen-bond donors (Lipinski definition) is 1. The molecule has 2 rings (SSSR count). The molecule has 2 aromatic carbocycles. The van der Waals surface area contributed by atoms with Gasteiger partial charge in [-0.2, -0.15) is 4.72 Å². The van der Waals surface area contributed by atoms with E-state index in [9.17, 15) is 13.2 Å². The summed E-state index contributed by atoms with van der Waals surface area (Å²) in [6.07, 6.45) is 0. The van der Waals surface area contributed by atoms with Gasteiger partial charge in [0, 0.05) is 13.1 Å². The highest BCUT2D eigenvalue weighted by atomic mass is 32.2. The topological polar surface area (TPSA) is 66.5 Å². The number of carbonyl (C=O) groups is 1. The van der Waals surface area contributed by atoms with Gasteiger partial charge >= 0.3 is 0 Å². The second-order valence-electron chi connectivity index (χ2n) is 6.22. The molecule has 0 aliphatic carbocycles. The first kappa shape index (κ1) is 20.1. The zero-order valence-electron chi connectivity index (χ0n) is 15.5. The van der Waals surface area contributed by atoms with Crippen LogP contribution in [0.25, 0.3) is 0 Å². The second kappa shape index (κ2) is 8.96. The average molecular weight is 375 g/mol. The van der Waals surface area contributed by atoms with Crippen LogP contribution >= 0.6 is 0 Å². The van der Waals surface area contributed by atoms with Gasteiger partial charge in [0.05, 0.1) is 5.75 Å². The lowest BCUT2D eigenvalue weighted by atomic mass is 10.1. The van der Waals surface area contributed by atoms with E-state index in [-0.39, 0.29) is 11.7 Å². The van der Waals surface area contributed by atoms with Crippen LogP contribution in [0, 0.1) is 6.92 Å². The molecule has 0 saturated heterocycles. The van der Waals surface area contributed by atoms with Crippen LogP contribution in [0.15, 0.2) is 54.6 Å². The van der Waals surface area contributed by atoms with Crippen molar-refractivity contribution in [1.29, 1.82) is 0 Å². The van der Waals surface area contributed by atoms with Gasteiger partial charge in [-0.05, 0) is 31.9 Å². The summed E-state index contributed by atoms with van der Waals surface area (Å²) < 4.78 is 28.0. The molecular formula is C20H26N2O3S. The molecule has 0 aliphatic rings. The molecule has 0 fully saturated rings. The van der Waals surface area contributed by atoms with E-state index in [4.69, 9.17) is 0 Å². The zero-order chi connectivity index (χ0) is 19.2. The number of sulfonamides is 1. The summed E-state index contributed by atoms with van der Waals surface area (Å²) in [5.74, 6) is -0.407. The minimum Gasteiger partial charge on any atom is -0.342 e. The number of nitrogens with zero attached hydrogens (tertiary/aromatic N) is 1. The van der Waals surface area contributed by atoms with Gasteiger partial charge < -0.3 is 4.90 Å². The Morgan fingerprint density at radius 3 is 2.12 bits per heavy atom. The maximum atomic E-state index is 12.9. The molecule has 0 unspecified atom stereocenters. The van der Waals surface area contributed by atoms with Crippen LogP contribution < -0.4 is 4.72 Å². The van der Waals surface area contributed by atoms with E-state index in [1.54, 1.807) is 41.3 Å². The fourth-order valence-corrected chi connectivity index (χ4v) is 4.06. The highest BCUT2D eigenvalue weighted by molar-refractivity contribution is 7.88. The molecule has 140 valence electrons. The van der Waals surface area contributed by atoms with E-state index >= 15 is 0 Å².